The molecule has 1 fully saturated rings. The number of nitrogens with zero attached hydrogens (tertiary/aromatic N) is 5. The van der Waals surface area contributed by atoms with Crippen molar-refractivity contribution in [1.82, 2.24) is 19.8 Å². The number of benzene rings is 2. The van der Waals surface area contributed by atoms with Crippen LogP contribution in [-0.4, -0.2) is 70.2 Å². The Labute approximate surface area is 204 Å². The van der Waals surface area contributed by atoms with Crippen molar-refractivity contribution in [2.24, 2.45) is 0 Å². The number of aryl methyl sites for hydroxylation is 1. The minimum Gasteiger partial charge on any atom is -0.353 e. The number of fused-ring (bicyclic) bond motifs is 1. The van der Waals surface area contributed by atoms with Crippen LogP contribution in [0.2, 0.25) is 0 Å². The third-order valence-electron chi connectivity index (χ3n) is 6.50. The fraction of sp³-hybridized carbons (Fsp3) is 0.296. The standard InChI is InChI=1S/C27H27N5O3/c1-19-28-23(20-8-3-2-4-9-20)18-24(29-19)30-14-16-31(17-15-30)25(33)12-7-13-32-26(34)21-10-5-6-11-22(21)27(32)35/h2-6,8-11,18H,7,12-17H2,1H3. The van der Waals surface area contributed by atoms with E-state index in [0.29, 0.717) is 56.0 Å². The van der Waals surface area contributed by atoms with Gasteiger partial charge in [-0.25, -0.2) is 9.97 Å². The summed E-state index contributed by atoms with van der Waals surface area (Å²) in [6.07, 6.45) is 0.758. The molecular weight excluding hydrogens is 442 g/mol. The number of rotatable bonds is 6. The number of carbonyl (C=O) groups excluding carboxylic acids is 3. The van der Waals surface area contributed by atoms with E-state index in [1.165, 1.54) is 4.90 Å². The van der Waals surface area contributed by atoms with Crippen molar-refractivity contribution in [1.29, 1.82) is 0 Å². The van der Waals surface area contributed by atoms with Crippen LogP contribution < -0.4 is 4.90 Å². The van der Waals surface area contributed by atoms with Crippen molar-refractivity contribution in [3.05, 3.63) is 77.6 Å². The third kappa shape index (κ3) is 4.64. The predicted molar refractivity (Wildman–Crippen MR) is 132 cm³/mol. The Morgan fingerprint density at radius 2 is 1.49 bits per heavy atom. The summed E-state index contributed by atoms with van der Waals surface area (Å²) in [5, 5.41) is 0. The molecule has 2 aliphatic heterocycles. The molecule has 0 spiro atoms. The average Bonchev–Trinajstić information content (AvgIpc) is 3.14. The van der Waals surface area contributed by atoms with Crippen LogP contribution in [0.1, 0.15) is 39.4 Å². The Morgan fingerprint density at radius 3 is 2.14 bits per heavy atom. The largest absolute Gasteiger partial charge is 0.353 e. The van der Waals surface area contributed by atoms with E-state index in [4.69, 9.17) is 0 Å². The number of anilines is 1. The molecule has 0 unspecified atom stereocenters. The van der Waals surface area contributed by atoms with Gasteiger partial charge in [0, 0.05) is 50.8 Å². The van der Waals surface area contributed by atoms with Gasteiger partial charge in [0.05, 0.1) is 16.8 Å². The molecule has 3 aromatic rings. The first-order chi connectivity index (χ1) is 17.0. The van der Waals surface area contributed by atoms with Gasteiger partial charge in [-0.1, -0.05) is 42.5 Å². The zero-order chi connectivity index (χ0) is 24.4. The van der Waals surface area contributed by atoms with Gasteiger partial charge in [-0.05, 0) is 25.5 Å². The maximum atomic E-state index is 12.8. The molecule has 0 radical (unpaired) electrons. The summed E-state index contributed by atoms with van der Waals surface area (Å²) in [4.78, 5) is 52.2. The van der Waals surface area contributed by atoms with Crippen LogP contribution in [-0.2, 0) is 4.79 Å². The van der Waals surface area contributed by atoms with Crippen LogP contribution in [0.5, 0.6) is 0 Å². The Hall–Kier alpha value is -4.07. The van der Waals surface area contributed by atoms with Gasteiger partial charge in [0.2, 0.25) is 5.91 Å². The number of hydrogen-bond donors (Lipinski definition) is 0. The molecule has 1 saturated heterocycles. The van der Waals surface area contributed by atoms with Crippen LogP contribution in [0.15, 0.2) is 60.7 Å². The summed E-state index contributed by atoms with van der Waals surface area (Å²) in [5.41, 5.74) is 2.82. The van der Waals surface area contributed by atoms with Crippen LogP contribution in [0.25, 0.3) is 11.3 Å². The van der Waals surface area contributed by atoms with E-state index in [9.17, 15) is 14.4 Å². The topological polar surface area (TPSA) is 86.7 Å². The molecule has 0 bridgehead atoms. The summed E-state index contributed by atoms with van der Waals surface area (Å²) in [6.45, 7) is 4.74. The Bertz CT molecular complexity index is 1230. The Kier molecular flexibility index (Phi) is 6.27. The van der Waals surface area contributed by atoms with Gasteiger partial charge >= 0.3 is 0 Å². The summed E-state index contributed by atoms with van der Waals surface area (Å²) >= 11 is 0. The first-order valence-corrected chi connectivity index (χ1v) is 11.9. The molecule has 0 saturated carbocycles. The van der Waals surface area contributed by atoms with E-state index in [-0.39, 0.29) is 24.3 Å². The lowest BCUT2D eigenvalue weighted by atomic mass is 10.1. The molecule has 0 aliphatic carbocycles. The lowest BCUT2D eigenvalue weighted by Gasteiger charge is -2.35. The van der Waals surface area contributed by atoms with Crippen LogP contribution in [0.4, 0.5) is 5.82 Å². The number of piperazine rings is 1. The zero-order valence-electron chi connectivity index (χ0n) is 19.7. The highest BCUT2D eigenvalue weighted by Crippen LogP contribution is 2.24. The van der Waals surface area contributed by atoms with Crippen molar-refractivity contribution in [2.45, 2.75) is 19.8 Å². The van der Waals surface area contributed by atoms with E-state index in [2.05, 4.69) is 14.9 Å². The first kappa shape index (κ1) is 22.7. The molecule has 3 amide bonds. The number of imide groups is 1. The van der Waals surface area contributed by atoms with E-state index in [1.54, 1.807) is 24.3 Å². The summed E-state index contributed by atoms with van der Waals surface area (Å²) in [5.74, 6) is 1.08. The molecule has 8 heteroatoms. The van der Waals surface area contributed by atoms with Gasteiger partial charge in [0.1, 0.15) is 11.6 Å². The molecule has 1 aromatic heterocycles. The monoisotopic (exact) mass is 469 g/mol. The molecule has 5 rings (SSSR count). The molecule has 0 atom stereocenters. The normalized spacial score (nSPS) is 15.5. The number of hydrogen-bond acceptors (Lipinski definition) is 6. The number of amides is 3. The van der Waals surface area contributed by atoms with Crippen molar-refractivity contribution in [2.75, 3.05) is 37.6 Å². The van der Waals surface area contributed by atoms with E-state index < -0.39 is 0 Å². The lowest BCUT2D eigenvalue weighted by molar-refractivity contribution is -0.131. The molecule has 0 N–H and O–H groups in total. The smallest absolute Gasteiger partial charge is 0.261 e. The average molecular weight is 470 g/mol. The highest BCUT2D eigenvalue weighted by atomic mass is 16.2. The molecule has 35 heavy (non-hydrogen) atoms. The molecule has 3 heterocycles. The van der Waals surface area contributed by atoms with E-state index in [1.807, 2.05) is 48.2 Å². The Morgan fingerprint density at radius 1 is 0.857 bits per heavy atom. The molecule has 2 aliphatic rings. The highest BCUT2D eigenvalue weighted by molar-refractivity contribution is 6.21. The fourth-order valence-electron chi connectivity index (χ4n) is 4.64. The number of carbonyl (C=O) groups is 3. The van der Waals surface area contributed by atoms with E-state index in [0.717, 1.165) is 17.1 Å². The van der Waals surface area contributed by atoms with Gasteiger partial charge in [0.15, 0.2) is 0 Å². The quantitative estimate of drug-likeness (QED) is 0.516. The van der Waals surface area contributed by atoms with Crippen molar-refractivity contribution in [3.63, 3.8) is 0 Å². The maximum absolute atomic E-state index is 12.8. The minimum absolute atomic E-state index is 0.0464. The SMILES string of the molecule is Cc1nc(-c2ccccc2)cc(N2CCN(C(=O)CCCN3C(=O)c4ccccc4C3=O)CC2)n1. The highest BCUT2D eigenvalue weighted by Gasteiger charge is 2.34. The third-order valence-corrected chi connectivity index (χ3v) is 6.50. The van der Waals surface area contributed by atoms with Crippen molar-refractivity contribution >= 4 is 23.5 Å². The van der Waals surface area contributed by atoms with Crippen molar-refractivity contribution < 1.29 is 14.4 Å². The second-order valence-corrected chi connectivity index (χ2v) is 8.80. The van der Waals surface area contributed by atoms with E-state index >= 15 is 0 Å². The minimum atomic E-state index is -0.276. The van der Waals surface area contributed by atoms with Crippen molar-refractivity contribution in [3.8, 4) is 11.3 Å². The van der Waals surface area contributed by atoms with Crippen LogP contribution >= 0.6 is 0 Å². The Balaban J connectivity index is 1.14. The molecular formula is C27H27N5O3. The lowest BCUT2D eigenvalue weighted by Crippen LogP contribution is -2.49. The first-order valence-electron chi connectivity index (χ1n) is 11.9. The van der Waals surface area contributed by atoms with Crippen LogP contribution in [0, 0.1) is 6.92 Å². The summed E-state index contributed by atoms with van der Waals surface area (Å²) in [6, 6.07) is 18.9. The van der Waals surface area contributed by atoms with Gasteiger partial charge in [-0.2, -0.15) is 0 Å². The number of aromatic nitrogens is 2. The summed E-state index contributed by atoms with van der Waals surface area (Å²) in [7, 11) is 0. The van der Waals surface area contributed by atoms with Gasteiger partial charge in [-0.15, -0.1) is 0 Å². The predicted octanol–water partition coefficient (Wildman–Crippen LogP) is 3.18. The summed E-state index contributed by atoms with van der Waals surface area (Å²) < 4.78 is 0. The second-order valence-electron chi connectivity index (χ2n) is 8.80. The second kappa shape index (κ2) is 9.66. The maximum Gasteiger partial charge on any atom is 0.261 e. The van der Waals surface area contributed by atoms with Gasteiger partial charge in [-0.3, -0.25) is 19.3 Å². The van der Waals surface area contributed by atoms with Crippen LogP contribution in [0.3, 0.4) is 0 Å². The van der Waals surface area contributed by atoms with Gasteiger partial charge in [0.25, 0.3) is 11.8 Å². The zero-order valence-corrected chi connectivity index (χ0v) is 19.7. The fourth-order valence-corrected chi connectivity index (χ4v) is 4.64. The molecule has 8 nitrogen and oxygen atoms in total. The van der Waals surface area contributed by atoms with Gasteiger partial charge < -0.3 is 9.80 Å². The molecule has 2 aromatic carbocycles. The molecule has 178 valence electrons.